The summed E-state index contributed by atoms with van der Waals surface area (Å²) in [5.41, 5.74) is 1.44. The molecule has 0 unspecified atom stereocenters. The highest BCUT2D eigenvalue weighted by Gasteiger charge is 1.98. The smallest absolute Gasteiger partial charge is 0.374 e. The van der Waals surface area contributed by atoms with E-state index in [1.165, 1.54) is 5.57 Å². The fraction of sp³-hybridized carbons (Fsp3) is 0.556. The van der Waals surface area contributed by atoms with Gasteiger partial charge < -0.3 is 4.90 Å². The lowest BCUT2D eigenvalue weighted by molar-refractivity contribution is 0.00819. The summed E-state index contributed by atoms with van der Waals surface area (Å²) in [5.74, 6) is 0. The first kappa shape index (κ1) is 12.1. The molecule has 0 spiro atoms. The SMILES string of the molecule is CCN1C=CC=C(C)C1.FC(F)F. The van der Waals surface area contributed by atoms with Gasteiger partial charge in [0.25, 0.3) is 0 Å². The molecular weight excluding hydrogens is 179 g/mol. The first-order chi connectivity index (χ1) is 6.06. The highest BCUT2D eigenvalue weighted by molar-refractivity contribution is 5.16. The van der Waals surface area contributed by atoms with Gasteiger partial charge in [-0.15, -0.1) is 0 Å². The minimum absolute atomic E-state index is 1.10. The van der Waals surface area contributed by atoms with Crippen LogP contribution in [0.15, 0.2) is 23.9 Å². The van der Waals surface area contributed by atoms with Crippen molar-refractivity contribution in [1.29, 1.82) is 0 Å². The second-order valence-corrected chi connectivity index (χ2v) is 2.67. The lowest BCUT2D eigenvalue weighted by Gasteiger charge is -2.20. The maximum Gasteiger partial charge on any atom is 0.379 e. The van der Waals surface area contributed by atoms with Gasteiger partial charge in [0.05, 0.1) is 0 Å². The second kappa shape index (κ2) is 6.57. The van der Waals surface area contributed by atoms with Crippen LogP contribution in [0.3, 0.4) is 0 Å². The number of allylic oxidation sites excluding steroid dienone is 2. The van der Waals surface area contributed by atoms with Crippen molar-refractivity contribution in [3.05, 3.63) is 23.9 Å². The van der Waals surface area contributed by atoms with E-state index in [2.05, 4.69) is 37.1 Å². The van der Waals surface area contributed by atoms with E-state index >= 15 is 0 Å². The zero-order valence-corrected chi connectivity index (χ0v) is 7.80. The van der Waals surface area contributed by atoms with E-state index in [0.29, 0.717) is 0 Å². The topological polar surface area (TPSA) is 3.24 Å². The van der Waals surface area contributed by atoms with Crippen LogP contribution in [0.1, 0.15) is 13.8 Å². The molecule has 76 valence electrons. The molecule has 0 aromatic heterocycles. The number of hydrogen-bond donors (Lipinski definition) is 0. The van der Waals surface area contributed by atoms with E-state index in [0.717, 1.165) is 13.1 Å². The first-order valence-corrected chi connectivity index (χ1v) is 4.06. The summed E-state index contributed by atoms with van der Waals surface area (Å²) in [7, 11) is 0. The molecule has 1 aliphatic rings. The Labute approximate surface area is 76.5 Å². The van der Waals surface area contributed by atoms with Crippen molar-refractivity contribution in [3.8, 4) is 0 Å². The molecule has 0 amide bonds. The predicted octanol–water partition coefficient (Wildman–Crippen LogP) is 2.96. The summed E-state index contributed by atoms with van der Waals surface area (Å²) in [6.07, 6.45) is 6.39. The maximum atomic E-state index is 9.67. The number of halogens is 3. The van der Waals surface area contributed by atoms with Crippen LogP contribution in [-0.2, 0) is 0 Å². The van der Waals surface area contributed by atoms with Gasteiger partial charge in [0.15, 0.2) is 0 Å². The maximum absolute atomic E-state index is 9.67. The Morgan fingerprint density at radius 2 is 2.00 bits per heavy atom. The Morgan fingerprint density at radius 1 is 1.46 bits per heavy atom. The number of likely N-dealkylation sites (N-methyl/N-ethyl adjacent to an activating group) is 1. The van der Waals surface area contributed by atoms with Crippen LogP contribution < -0.4 is 0 Å². The largest absolute Gasteiger partial charge is 0.379 e. The van der Waals surface area contributed by atoms with Crippen LogP contribution in [-0.4, -0.2) is 24.7 Å². The highest BCUT2D eigenvalue weighted by atomic mass is 19.4. The number of alkyl halides is 3. The number of nitrogens with zero attached hydrogens (tertiary/aromatic N) is 1. The third kappa shape index (κ3) is 7.43. The molecule has 13 heavy (non-hydrogen) atoms. The monoisotopic (exact) mass is 193 g/mol. The van der Waals surface area contributed by atoms with Gasteiger partial charge in [-0.2, -0.15) is 13.2 Å². The third-order valence-corrected chi connectivity index (χ3v) is 1.54. The molecule has 0 saturated carbocycles. The standard InChI is InChI=1S/C8H13N.CHF3/c1-3-9-6-4-5-8(2)7-9;2-1(3)4/h4-6H,3,7H2,1-2H3;1H. The molecule has 1 rings (SSSR count). The number of hydrogen-bond acceptors (Lipinski definition) is 1. The van der Waals surface area contributed by atoms with Crippen LogP contribution in [0.25, 0.3) is 0 Å². The second-order valence-electron chi connectivity index (χ2n) is 2.67. The van der Waals surface area contributed by atoms with Crippen molar-refractivity contribution in [2.24, 2.45) is 0 Å². The normalized spacial score (nSPS) is 15.2. The van der Waals surface area contributed by atoms with Crippen molar-refractivity contribution >= 4 is 0 Å². The first-order valence-electron chi connectivity index (χ1n) is 4.06. The van der Waals surface area contributed by atoms with Gasteiger partial charge in [0.2, 0.25) is 0 Å². The molecule has 0 aliphatic carbocycles. The molecular formula is C9H14F3N. The van der Waals surface area contributed by atoms with E-state index in [1.807, 2.05) is 0 Å². The molecule has 0 aromatic carbocycles. The molecule has 0 aromatic rings. The minimum atomic E-state index is -3.67. The Morgan fingerprint density at radius 3 is 2.31 bits per heavy atom. The third-order valence-electron chi connectivity index (χ3n) is 1.54. The molecule has 0 fully saturated rings. The zero-order chi connectivity index (χ0) is 10.3. The van der Waals surface area contributed by atoms with Crippen molar-refractivity contribution in [1.82, 2.24) is 4.90 Å². The van der Waals surface area contributed by atoms with Crippen LogP contribution >= 0.6 is 0 Å². The Hall–Kier alpha value is -0.930. The van der Waals surface area contributed by atoms with Gasteiger partial charge in [-0.05, 0) is 26.1 Å². The van der Waals surface area contributed by atoms with Crippen molar-refractivity contribution in [2.45, 2.75) is 20.5 Å². The van der Waals surface area contributed by atoms with Crippen LogP contribution in [0.5, 0.6) is 0 Å². The summed E-state index contributed by atoms with van der Waals surface area (Å²) >= 11 is 0. The summed E-state index contributed by atoms with van der Waals surface area (Å²) in [5, 5.41) is 0. The molecule has 0 radical (unpaired) electrons. The fourth-order valence-corrected chi connectivity index (χ4v) is 0.972. The van der Waals surface area contributed by atoms with Crippen molar-refractivity contribution in [2.75, 3.05) is 13.1 Å². The van der Waals surface area contributed by atoms with E-state index in [9.17, 15) is 13.2 Å². The molecule has 0 atom stereocenters. The van der Waals surface area contributed by atoms with Gasteiger partial charge in [0, 0.05) is 13.1 Å². The molecule has 4 heteroatoms. The molecule has 1 heterocycles. The van der Waals surface area contributed by atoms with Gasteiger partial charge in [0.1, 0.15) is 0 Å². The molecule has 0 saturated heterocycles. The average Bonchev–Trinajstić information content (AvgIpc) is 2.03. The molecule has 0 N–H and O–H groups in total. The van der Waals surface area contributed by atoms with Crippen molar-refractivity contribution in [3.63, 3.8) is 0 Å². The van der Waals surface area contributed by atoms with Crippen LogP contribution in [0.2, 0.25) is 0 Å². The predicted molar refractivity (Wildman–Crippen MR) is 47.3 cm³/mol. The van der Waals surface area contributed by atoms with Crippen molar-refractivity contribution < 1.29 is 13.2 Å². The quantitative estimate of drug-likeness (QED) is 0.618. The lowest BCUT2D eigenvalue weighted by atomic mass is 10.2. The summed E-state index contributed by atoms with van der Waals surface area (Å²) in [6.45, 7) is 2.88. The molecule has 0 bridgehead atoms. The zero-order valence-electron chi connectivity index (χ0n) is 7.80. The summed E-state index contributed by atoms with van der Waals surface area (Å²) in [6, 6.07) is 0. The van der Waals surface area contributed by atoms with Crippen LogP contribution in [0, 0.1) is 0 Å². The van der Waals surface area contributed by atoms with E-state index in [1.54, 1.807) is 0 Å². The van der Waals surface area contributed by atoms with E-state index < -0.39 is 6.68 Å². The van der Waals surface area contributed by atoms with E-state index in [-0.39, 0.29) is 0 Å². The lowest BCUT2D eigenvalue weighted by Crippen LogP contribution is -2.20. The minimum Gasteiger partial charge on any atom is -0.374 e. The summed E-state index contributed by atoms with van der Waals surface area (Å²) < 4.78 is 29.0. The Kier molecular flexibility index (Phi) is 6.10. The Bertz CT molecular complexity index is 185. The van der Waals surface area contributed by atoms with Gasteiger partial charge >= 0.3 is 6.68 Å². The van der Waals surface area contributed by atoms with Gasteiger partial charge in [-0.25, -0.2) is 0 Å². The number of rotatable bonds is 1. The highest BCUT2D eigenvalue weighted by Crippen LogP contribution is 2.04. The summed E-state index contributed by atoms with van der Waals surface area (Å²) in [4.78, 5) is 2.29. The Balaban J connectivity index is 0.000000310. The van der Waals surface area contributed by atoms with Crippen LogP contribution in [0.4, 0.5) is 13.2 Å². The van der Waals surface area contributed by atoms with Gasteiger partial charge in [-0.1, -0.05) is 11.6 Å². The van der Waals surface area contributed by atoms with Gasteiger partial charge in [-0.3, -0.25) is 0 Å². The average molecular weight is 193 g/mol. The molecule has 1 aliphatic heterocycles. The fourth-order valence-electron chi connectivity index (χ4n) is 0.972. The molecule has 1 nitrogen and oxygen atoms in total. The van der Waals surface area contributed by atoms with E-state index in [4.69, 9.17) is 0 Å².